The maximum absolute atomic E-state index is 11.9. The number of hydrogen-bond acceptors (Lipinski definition) is 3. The molecule has 0 aromatic heterocycles. The highest BCUT2D eigenvalue weighted by Crippen LogP contribution is 2.11. The van der Waals surface area contributed by atoms with Crippen LogP contribution in [0.25, 0.3) is 0 Å². The Kier molecular flexibility index (Phi) is 14.6. The topological polar surface area (TPSA) is 66.0 Å². The molecule has 0 aliphatic carbocycles. The maximum atomic E-state index is 11.9. The van der Waals surface area contributed by atoms with Crippen molar-refractivity contribution in [2.45, 2.75) is 46.0 Å². The zero-order chi connectivity index (χ0) is 16.0. The lowest BCUT2D eigenvalue weighted by molar-refractivity contribution is -0.130. The molecule has 0 aromatic carbocycles. The Labute approximate surface area is 157 Å². The summed E-state index contributed by atoms with van der Waals surface area (Å²) in [6, 6.07) is 0. The second-order valence-electron chi connectivity index (χ2n) is 5.43. The van der Waals surface area contributed by atoms with Crippen LogP contribution in [0.3, 0.4) is 0 Å². The van der Waals surface area contributed by atoms with Gasteiger partial charge in [-0.2, -0.15) is 0 Å². The second kappa shape index (κ2) is 15.0. The Morgan fingerprint density at radius 2 is 2.09 bits per heavy atom. The minimum absolute atomic E-state index is 0. The van der Waals surface area contributed by atoms with E-state index in [2.05, 4.69) is 22.5 Å². The van der Waals surface area contributed by atoms with Crippen LogP contribution < -0.4 is 10.6 Å². The van der Waals surface area contributed by atoms with Gasteiger partial charge in [0, 0.05) is 45.8 Å². The van der Waals surface area contributed by atoms with Crippen LogP contribution in [0.2, 0.25) is 0 Å². The Hall–Kier alpha value is -0.570. The Morgan fingerprint density at radius 3 is 2.83 bits per heavy atom. The summed E-state index contributed by atoms with van der Waals surface area (Å²) in [6.45, 7) is 9.51. The van der Waals surface area contributed by atoms with Gasteiger partial charge in [0.1, 0.15) is 0 Å². The molecule has 1 rings (SSSR count). The molecule has 2 N–H and O–H groups in total. The number of hydrogen-bond donors (Lipinski definition) is 2. The fourth-order valence-corrected chi connectivity index (χ4v) is 2.46. The van der Waals surface area contributed by atoms with E-state index < -0.39 is 0 Å². The standard InChI is InChI=1S/C16H32N4O2.HI/c1-3-17-16(19-11-14-22-4-2)18-10-8-13-20-12-7-5-6-9-15(20)21;/h3-14H2,1-2H3,(H2,17,18,19);1H. The van der Waals surface area contributed by atoms with E-state index in [1.807, 2.05) is 11.8 Å². The van der Waals surface area contributed by atoms with Crippen molar-refractivity contribution in [2.24, 2.45) is 4.99 Å². The molecule has 0 unspecified atom stereocenters. The van der Waals surface area contributed by atoms with Crippen LogP contribution in [0, 0.1) is 0 Å². The average molecular weight is 440 g/mol. The maximum Gasteiger partial charge on any atom is 0.222 e. The van der Waals surface area contributed by atoms with Gasteiger partial charge in [-0.3, -0.25) is 9.79 Å². The van der Waals surface area contributed by atoms with Crippen molar-refractivity contribution in [3.63, 3.8) is 0 Å². The van der Waals surface area contributed by atoms with E-state index in [-0.39, 0.29) is 24.0 Å². The van der Waals surface area contributed by atoms with Crippen molar-refractivity contribution < 1.29 is 9.53 Å². The van der Waals surface area contributed by atoms with Crippen LogP contribution in [-0.2, 0) is 9.53 Å². The molecule has 7 heteroatoms. The summed E-state index contributed by atoms with van der Waals surface area (Å²) in [5.41, 5.74) is 0. The molecule has 0 saturated carbocycles. The summed E-state index contributed by atoms with van der Waals surface area (Å²) >= 11 is 0. The number of halogens is 1. The summed E-state index contributed by atoms with van der Waals surface area (Å²) < 4.78 is 5.30. The number of carbonyl (C=O) groups excluding carboxylic acids is 1. The smallest absolute Gasteiger partial charge is 0.222 e. The number of nitrogens with one attached hydrogen (secondary N) is 2. The van der Waals surface area contributed by atoms with Crippen molar-refractivity contribution in [3.05, 3.63) is 0 Å². The third kappa shape index (κ3) is 10.8. The van der Waals surface area contributed by atoms with E-state index in [1.165, 1.54) is 6.42 Å². The zero-order valence-corrected chi connectivity index (χ0v) is 16.9. The summed E-state index contributed by atoms with van der Waals surface area (Å²) in [4.78, 5) is 18.4. The van der Waals surface area contributed by atoms with Crippen LogP contribution >= 0.6 is 24.0 Å². The minimum atomic E-state index is 0. The number of likely N-dealkylation sites (tertiary alicyclic amines) is 1. The molecule has 23 heavy (non-hydrogen) atoms. The molecule has 0 bridgehead atoms. The molecule has 0 atom stereocenters. The van der Waals surface area contributed by atoms with Crippen molar-refractivity contribution in [1.29, 1.82) is 0 Å². The number of nitrogens with zero attached hydrogens (tertiary/aromatic N) is 2. The van der Waals surface area contributed by atoms with Gasteiger partial charge in [0.2, 0.25) is 5.91 Å². The largest absolute Gasteiger partial charge is 0.380 e. The van der Waals surface area contributed by atoms with Gasteiger partial charge >= 0.3 is 0 Å². The van der Waals surface area contributed by atoms with Gasteiger partial charge in [-0.05, 0) is 33.1 Å². The molecule has 1 fully saturated rings. The number of ether oxygens (including phenoxy) is 1. The van der Waals surface area contributed by atoms with Crippen molar-refractivity contribution in [1.82, 2.24) is 15.5 Å². The van der Waals surface area contributed by atoms with Crippen molar-refractivity contribution in [2.75, 3.05) is 45.9 Å². The Morgan fingerprint density at radius 1 is 1.26 bits per heavy atom. The second-order valence-corrected chi connectivity index (χ2v) is 5.43. The number of carbonyl (C=O) groups is 1. The van der Waals surface area contributed by atoms with Crippen LogP contribution in [-0.4, -0.2) is 62.7 Å². The highest BCUT2D eigenvalue weighted by molar-refractivity contribution is 14.0. The first-order chi connectivity index (χ1) is 10.8. The van der Waals surface area contributed by atoms with Crippen molar-refractivity contribution >= 4 is 35.8 Å². The quantitative estimate of drug-likeness (QED) is 0.249. The molecular formula is C16H33IN4O2. The SMILES string of the molecule is CCNC(=NCCCN1CCCCCC1=O)NCCOCC.I. The summed E-state index contributed by atoms with van der Waals surface area (Å²) in [7, 11) is 0. The normalized spacial score (nSPS) is 15.8. The van der Waals surface area contributed by atoms with Gasteiger partial charge in [-0.1, -0.05) is 6.42 Å². The monoisotopic (exact) mass is 440 g/mol. The third-order valence-corrected chi connectivity index (χ3v) is 3.61. The highest BCUT2D eigenvalue weighted by atomic mass is 127. The van der Waals surface area contributed by atoms with E-state index in [0.717, 1.165) is 64.6 Å². The molecule has 0 radical (unpaired) electrons. The molecule has 0 aromatic rings. The number of aliphatic imine (C=N–C) groups is 1. The van der Waals surface area contributed by atoms with Crippen LogP contribution in [0.5, 0.6) is 0 Å². The van der Waals surface area contributed by atoms with Gasteiger partial charge in [0.15, 0.2) is 5.96 Å². The van der Waals surface area contributed by atoms with Gasteiger partial charge < -0.3 is 20.3 Å². The molecule has 1 saturated heterocycles. The first-order valence-corrected chi connectivity index (χ1v) is 8.65. The molecular weight excluding hydrogens is 407 g/mol. The molecule has 136 valence electrons. The Balaban J connectivity index is 0.00000484. The van der Waals surface area contributed by atoms with E-state index in [0.29, 0.717) is 18.9 Å². The summed E-state index contributed by atoms with van der Waals surface area (Å²) in [6.07, 6.45) is 4.98. The third-order valence-electron chi connectivity index (χ3n) is 3.61. The number of amides is 1. The predicted molar refractivity (Wildman–Crippen MR) is 106 cm³/mol. The molecule has 1 aliphatic heterocycles. The summed E-state index contributed by atoms with van der Waals surface area (Å²) in [5.74, 6) is 1.13. The van der Waals surface area contributed by atoms with E-state index >= 15 is 0 Å². The molecule has 1 amide bonds. The van der Waals surface area contributed by atoms with E-state index in [9.17, 15) is 4.79 Å². The fraction of sp³-hybridized carbons (Fsp3) is 0.875. The lowest BCUT2D eigenvalue weighted by atomic mass is 10.2. The average Bonchev–Trinajstić information content (AvgIpc) is 2.72. The first kappa shape index (κ1) is 22.4. The van der Waals surface area contributed by atoms with Gasteiger partial charge in [-0.15, -0.1) is 24.0 Å². The van der Waals surface area contributed by atoms with Crippen molar-refractivity contribution in [3.8, 4) is 0 Å². The number of guanidine groups is 1. The number of rotatable bonds is 9. The van der Waals surface area contributed by atoms with Crippen LogP contribution in [0.4, 0.5) is 0 Å². The molecule has 6 nitrogen and oxygen atoms in total. The summed E-state index contributed by atoms with van der Waals surface area (Å²) in [5, 5.41) is 6.47. The Bertz CT molecular complexity index is 340. The van der Waals surface area contributed by atoms with Gasteiger partial charge in [0.05, 0.1) is 6.61 Å². The van der Waals surface area contributed by atoms with Crippen LogP contribution in [0.15, 0.2) is 4.99 Å². The fourth-order valence-electron chi connectivity index (χ4n) is 2.46. The predicted octanol–water partition coefficient (Wildman–Crippen LogP) is 1.99. The first-order valence-electron chi connectivity index (χ1n) is 8.65. The lowest BCUT2D eigenvalue weighted by Gasteiger charge is -2.20. The lowest BCUT2D eigenvalue weighted by Crippen LogP contribution is -2.39. The van der Waals surface area contributed by atoms with E-state index in [1.54, 1.807) is 0 Å². The van der Waals surface area contributed by atoms with Gasteiger partial charge in [0.25, 0.3) is 0 Å². The highest BCUT2D eigenvalue weighted by Gasteiger charge is 2.15. The van der Waals surface area contributed by atoms with Crippen LogP contribution in [0.1, 0.15) is 46.0 Å². The molecule has 1 heterocycles. The zero-order valence-electron chi connectivity index (χ0n) is 14.6. The molecule has 0 spiro atoms. The molecule has 1 aliphatic rings. The van der Waals surface area contributed by atoms with E-state index in [4.69, 9.17) is 4.74 Å². The minimum Gasteiger partial charge on any atom is -0.380 e. The van der Waals surface area contributed by atoms with Gasteiger partial charge in [-0.25, -0.2) is 0 Å².